The number of benzene rings is 1. The van der Waals surface area contributed by atoms with Crippen molar-refractivity contribution in [2.24, 2.45) is 0 Å². The van der Waals surface area contributed by atoms with Crippen molar-refractivity contribution in [2.75, 3.05) is 19.6 Å². The predicted molar refractivity (Wildman–Crippen MR) is 67.2 cm³/mol. The van der Waals surface area contributed by atoms with E-state index in [1.807, 2.05) is 30.3 Å². The van der Waals surface area contributed by atoms with E-state index in [9.17, 15) is 5.11 Å². The van der Waals surface area contributed by atoms with Gasteiger partial charge in [0.15, 0.2) is 0 Å². The van der Waals surface area contributed by atoms with Gasteiger partial charge in [0.05, 0.1) is 12.1 Å². The number of nitrogens with one attached hydrogen (secondary N) is 2. The molecule has 17 heavy (non-hydrogen) atoms. The number of aliphatic hydroxyl groups is 1. The van der Waals surface area contributed by atoms with Crippen LogP contribution in [0.2, 0.25) is 0 Å². The van der Waals surface area contributed by atoms with E-state index in [0.29, 0.717) is 0 Å². The molecule has 1 aliphatic rings. The van der Waals surface area contributed by atoms with Gasteiger partial charge >= 0.3 is 0 Å². The maximum Gasteiger partial charge on any atom is 0.141 e. The molecule has 0 spiro atoms. The van der Waals surface area contributed by atoms with Crippen molar-refractivity contribution in [1.82, 2.24) is 10.6 Å². The summed E-state index contributed by atoms with van der Waals surface area (Å²) in [6.45, 7) is 4.46. The SMILES string of the molecule is CC(O)C(Oc1ccccc1)C1CNCCN1. The number of aliphatic hydroxyl groups excluding tert-OH is 1. The third kappa shape index (κ3) is 3.43. The maximum atomic E-state index is 9.83. The Bertz CT molecular complexity index is 323. The van der Waals surface area contributed by atoms with Crippen molar-refractivity contribution in [1.29, 1.82) is 0 Å². The van der Waals surface area contributed by atoms with E-state index in [2.05, 4.69) is 10.6 Å². The minimum Gasteiger partial charge on any atom is -0.486 e. The summed E-state index contributed by atoms with van der Waals surface area (Å²) in [5.41, 5.74) is 0. The zero-order valence-corrected chi connectivity index (χ0v) is 10.1. The first kappa shape index (κ1) is 12.4. The second-order valence-corrected chi connectivity index (χ2v) is 4.40. The summed E-state index contributed by atoms with van der Waals surface area (Å²) < 4.78 is 5.86. The van der Waals surface area contributed by atoms with Gasteiger partial charge in [-0.25, -0.2) is 0 Å². The van der Waals surface area contributed by atoms with Gasteiger partial charge in [-0.15, -0.1) is 0 Å². The third-order valence-electron chi connectivity index (χ3n) is 2.96. The van der Waals surface area contributed by atoms with Gasteiger partial charge in [-0.05, 0) is 19.1 Å². The van der Waals surface area contributed by atoms with Gasteiger partial charge < -0.3 is 20.5 Å². The van der Waals surface area contributed by atoms with Crippen LogP contribution in [0.25, 0.3) is 0 Å². The summed E-state index contributed by atoms with van der Waals surface area (Å²) in [7, 11) is 0. The monoisotopic (exact) mass is 236 g/mol. The van der Waals surface area contributed by atoms with E-state index < -0.39 is 6.10 Å². The summed E-state index contributed by atoms with van der Waals surface area (Å²) in [6.07, 6.45) is -0.738. The lowest BCUT2D eigenvalue weighted by Crippen LogP contribution is -2.58. The molecule has 1 saturated heterocycles. The molecule has 1 aliphatic heterocycles. The van der Waals surface area contributed by atoms with Crippen molar-refractivity contribution < 1.29 is 9.84 Å². The molecule has 0 bridgehead atoms. The number of ether oxygens (including phenoxy) is 1. The molecule has 1 aromatic carbocycles. The first-order valence-corrected chi connectivity index (χ1v) is 6.11. The van der Waals surface area contributed by atoms with Gasteiger partial charge in [-0.2, -0.15) is 0 Å². The van der Waals surface area contributed by atoms with E-state index in [-0.39, 0.29) is 12.1 Å². The quantitative estimate of drug-likeness (QED) is 0.707. The van der Waals surface area contributed by atoms with Crippen molar-refractivity contribution >= 4 is 0 Å². The largest absolute Gasteiger partial charge is 0.486 e. The van der Waals surface area contributed by atoms with Crippen LogP contribution in [0.4, 0.5) is 0 Å². The van der Waals surface area contributed by atoms with Crippen LogP contribution in [-0.4, -0.2) is 43.0 Å². The van der Waals surface area contributed by atoms with Gasteiger partial charge in [0.1, 0.15) is 11.9 Å². The van der Waals surface area contributed by atoms with Gasteiger partial charge in [0.25, 0.3) is 0 Å². The average molecular weight is 236 g/mol. The number of para-hydroxylation sites is 1. The topological polar surface area (TPSA) is 53.5 Å². The van der Waals surface area contributed by atoms with E-state index in [1.165, 1.54) is 0 Å². The standard InChI is InChI=1S/C13H20N2O2/c1-10(16)13(12-9-14-7-8-15-12)17-11-5-3-2-4-6-11/h2-6,10,12-16H,7-9H2,1H3. The predicted octanol–water partition coefficient (Wildman–Crippen LogP) is 0.376. The highest BCUT2D eigenvalue weighted by Gasteiger charge is 2.28. The molecule has 94 valence electrons. The number of piperazine rings is 1. The van der Waals surface area contributed by atoms with Crippen LogP contribution in [-0.2, 0) is 0 Å². The molecule has 2 rings (SSSR count). The van der Waals surface area contributed by atoms with E-state index in [1.54, 1.807) is 6.92 Å². The summed E-state index contributed by atoms with van der Waals surface area (Å²) in [4.78, 5) is 0. The fourth-order valence-corrected chi connectivity index (χ4v) is 2.08. The molecule has 1 fully saturated rings. The Labute approximate surface area is 102 Å². The van der Waals surface area contributed by atoms with Gasteiger partial charge in [0, 0.05) is 19.6 Å². The molecule has 1 aromatic rings. The van der Waals surface area contributed by atoms with Crippen LogP contribution < -0.4 is 15.4 Å². The fraction of sp³-hybridized carbons (Fsp3) is 0.538. The molecule has 0 aromatic heterocycles. The lowest BCUT2D eigenvalue weighted by atomic mass is 10.0. The first-order valence-electron chi connectivity index (χ1n) is 6.11. The van der Waals surface area contributed by atoms with Crippen LogP contribution >= 0.6 is 0 Å². The molecule has 4 heteroatoms. The van der Waals surface area contributed by atoms with Crippen molar-refractivity contribution in [2.45, 2.75) is 25.2 Å². The Morgan fingerprint density at radius 3 is 2.65 bits per heavy atom. The molecule has 0 saturated carbocycles. The molecule has 1 heterocycles. The third-order valence-corrected chi connectivity index (χ3v) is 2.96. The molecule has 0 radical (unpaired) electrons. The Morgan fingerprint density at radius 1 is 1.29 bits per heavy atom. The van der Waals surface area contributed by atoms with E-state index in [4.69, 9.17) is 4.74 Å². The van der Waals surface area contributed by atoms with Gasteiger partial charge in [-0.3, -0.25) is 0 Å². The van der Waals surface area contributed by atoms with Crippen molar-refractivity contribution in [3.63, 3.8) is 0 Å². The van der Waals surface area contributed by atoms with Gasteiger partial charge in [0.2, 0.25) is 0 Å². The second kappa shape index (κ2) is 6.00. The summed E-state index contributed by atoms with van der Waals surface area (Å²) in [5, 5.41) is 16.5. The van der Waals surface area contributed by atoms with Gasteiger partial charge in [-0.1, -0.05) is 18.2 Å². The summed E-state index contributed by atoms with van der Waals surface area (Å²) >= 11 is 0. The zero-order chi connectivity index (χ0) is 12.1. The summed E-state index contributed by atoms with van der Waals surface area (Å²) in [5.74, 6) is 0.797. The van der Waals surface area contributed by atoms with Crippen LogP contribution in [0.1, 0.15) is 6.92 Å². The van der Waals surface area contributed by atoms with E-state index in [0.717, 1.165) is 25.4 Å². The molecule has 4 nitrogen and oxygen atoms in total. The van der Waals surface area contributed by atoms with Crippen LogP contribution in [0.5, 0.6) is 5.75 Å². The van der Waals surface area contributed by atoms with E-state index >= 15 is 0 Å². The maximum absolute atomic E-state index is 9.83. The molecular formula is C13H20N2O2. The molecule has 3 N–H and O–H groups in total. The molecule has 0 amide bonds. The zero-order valence-electron chi connectivity index (χ0n) is 10.1. The molecule has 3 unspecified atom stereocenters. The molecular weight excluding hydrogens is 216 g/mol. The Kier molecular flexibility index (Phi) is 4.36. The highest BCUT2D eigenvalue weighted by molar-refractivity contribution is 5.21. The Balaban J connectivity index is 2.01. The normalized spacial score (nSPS) is 24.0. The highest BCUT2D eigenvalue weighted by Crippen LogP contribution is 2.15. The van der Waals surface area contributed by atoms with Crippen molar-refractivity contribution in [3.05, 3.63) is 30.3 Å². The van der Waals surface area contributed by atoms with Crippen LogP contribution in [0.3, 0.4) is 0 Å². The minimum absolute atomic E-state index is 0.143. The Hall–Kier alpha value is -1.10. The summed E-state index contributed by atoms with van der Waals surface area (Å²) in [6, 6.07) is 9.77. The second-order valence-electron chi connectivity index (χ2n) is 4.40. The highest BCUT2D eigenvalue weighted by atomic mass is 16.5. The lowest BCUT2D eigenvalue weighted by molar-refractivity contribution is 0.0209. The fourth-order valence-electron chi connectivity index (χ4n) is 2.08. The average Bonchev–Trinajstić information content (AvgIpc) is 2.38. The van der Waals surface area contributed by atoms with Crippen molar-refractivity contribution in [3.8, 4) is 5.75 Å². The number of hydrogen-bond donors (Lipinski definition) is 3. The molecule has 0 aliphatic carbocycles. The van der Waals surface area contributed by atoms with Crippen LogP contribution in [0, 0.1) is 0 Å². The smallest absolute Gasteiger partial charge is 0.141 e. The first-order chi connectivity index (χ1) is 8.27. The number of hydrogen-bond acceptors (Lipinski definition) is 4. The van der Waals surface area contributed by atoms with Crippen LogP contribution in [0.15, 0.2) is 30.3 Å². The number of rotatable bonds is 4. The molecule has 3 atom stereocenters. The lowest BCUT2D eigenvalue weighted by Gasteiger charge is -2.33. The Morgan fingerprint density at radius 2 is 2.06 bits per heavy atom. The minimum atomic E-state index is -0.507.